The number of methoxy groups -OCH3 is 2. The summed E-state index contributed by atoms with van der Waals surface area (Å²) >= 11 is 9.11. The molecule has 0 aliphatic carbocycles. The Hall–Kier alpha value is -2.23. The lowest BCUT2D eigenvalue weighted by atomic mass is 10.2. The minimum atomic E-state index is -0.401. The fourth-order valence-electron chi connectivity index (χ4n) is 2.83. The fraction of sp³-hybridized carbons (Fsp3) is 0.350. The summed E-state index contributed by atoms with van der Waals surface area (Å²) in [5, 5.41) is 3.39. The van der Waals surface area contributed by atoms with Gasteiger partial charge < -0.3 is 19.8 Å². The van der Waals surface area contributed by atoms with Gasteiger partial charge in [0, 0.05) is 17.0 Å². The summed E-state index contributed by atoms with van der Waals surface area (Å²) in [4.78, 5) is 34.2. The van der Waals surface area contributed by atoms with Gasteiger partial charge in [-0.3, -0.25) is 9.59 Å². The van der Waals surface area contributed by atoms with Crippen LogP contribution >= 0.6 is 34.7 Å². The SMILES string of the molecule is COc1cc(Cl)c(NC(=O)C(C)SCc2nc3sc(C)c(C)c3c(=O)[nH]2)cc1OC. The molecule has 7 nitrogen and oxygen atoms in total. The molecule has 0 aliphatic rings. The van der Waals surface area contributed by atoms with Gasteiger partial charge in [0.05, 0.1) is 41.3 Å². The lowest BCUT2D eigenvalue weighted by molar-refractivity contribution is -0.115. The number of ether oxygens (including phenoxy) is 2. The van der Waals surface area contributed by atoms with Crippen LogP contribution in [0.1, 0.15) is 23.2 Å². The summed E-state index contributed by atoms with van der Waals surface area (Å²) < 4.78 is 10.5. The summed E-state index contributed by atoms with van der Waals surface area (Å²) in [5.41, 5.74) is 1.25. The molecule has 1 amide bonds. The van der Waals surface area contributed by atoms with Crippen LogP contribution in [0.15, 0.2) is 16.9 Å². The van der Waals surface area contributed by atoms with E-state index in [1.54, 1.807) is 19.1 Å². The predicted octanol–water partition coefficient (Wildman–Crippen LogP) is 4.53. The molecular formula is C20H22ClN3O4S2. The van der Waals surface area contributed by atoms with Crippen LogP contribution in [0, 0.1) is 13.8 Å². The molecule has 0 fully saturated rings. The van der Waals surface area contributed by atoms with E-state index in [4.69, 9.17) is 21.1 Å². The molecule has 160 valence electrons. The zero-order chi connectivity index (χ0) is 22.0. The van der Waals surface area contributed by atoms with Crippen molar-refractivity contribution < 1.29 is 14.3 Å². The number of H-pyrrole nitrogens is 1. The van der Waals surface area contributed by atoms with Crippen molar-refractivity contribution in [2.75, 3.05) is 19.5 Å². The Morgan fingerprint density at radius 1 is 1.30 bits per heavy atom. The lowest BCUT2D eigenvalue weighted by Crippen LogP contribution is -2.23. The molecule has 2 heterocycles. The van der Waals surface area contributed by atoms with Crippen molar-refractivity contribution in [3.63, 3.8) is 0 Å². The van der Waals surface area contributed by atoms with E-state index >= 15 is 0 Å². The number of amides is 1. The van der Waals surface area contributed by atoms with Gasteiger partial charge in [0.2, 0.25) is 5.91 Å². The first-order valence-electron chi connectivity index (χ1n) is 9.08. The van der Waals surface area contributed by atoms with E-state index in [2.05, 4.69) is 15.3 Å². The van der Waals surface area contributed by atoms with Gasteiger partial charge in [-0.2, -0.15) is 0 Å². The van der Waals surface area contributed by atoms with Gasteiger partial charge in [-0.05, 0) is 26.3 Å². The van der Waals surface area contributed by atoms with Crippen LogP contribution in [-0.2, 0) is 10.5 Å². The van der Waals surface area contributed by atoms with Crippen LogP contribution in [0.3, 0.4) is 0 Å². The average Bonchev–Trinajstić information content (AvgIpc) is 3.01. The maximum Gasteiger partial charge on any atom is 0.259 e. The minimum Gasteiger partial charge on any atom is -0.493 e. The standard InChI is InChI=1S/C20H22ClN3O4S2/c1-9-10(2)30-20-17(9)19(26)23-16(24-20)8-29-11(3)18(25)22-13-7-15(28-5)14(27-4)6-12(13)21/h6-7,11H,8H2,1-5H3,(H,22,25)(H,23,24,26). The molecule has 1 atom stereocenters. The predicted molar refractivity (Wildman–Crippen MR) is 124 cm³/mol. The highest BCUT2D eigenvalue weighted by Gasteiger charge is 2.18. The zero-order valence-corrected chi connectivity index (χ0v) is 19.6. The van der Waals surface area contributed by atoms with Gasteiger partial charge in [0.1, 0.15) is 10.7 Å². The third-order valence-electron chi connectivity index (χ3n) is 4.66. The van der Waals surface area contributed by atoms with Crippen molar-refractivity contribution >= 4 is 56.5 Å². The van der Waals surface area contributed by atoms with Gasteiger partial charge in [-0.15, -0.1) is 23.1 Å². The van der Waals surface area contributed by atoms with Crippen LogP contribution in [0.4, 0.5) is 5.69 Å². The number of anilines is 1. The van der Waals surface area contributed by atoms with Crippen molar-refractivity contribution in [2.45, 2.75) is 31.8 Å². The Balaban J connectivity index is 1.69. The number of aryl methyl sites for hydroxylation is 2. The third kappa shape index (κ3) is 4.58. The summed E-state index contributed by atoms with van der Waals surface area (Å²) in [7, 11) is 3.02. The maximum absolute atomic E-state index is 12.6. The zero-order valence-electron chi connectivity index (χ0n) is 17.2. The number of carbonyl (C=O) groups excluding carboxylic acids is 1. The van der Waals surface area contributed by atoms with Crippen LogP contribution in [0.25, 0.3) is 10.2 Å². The first-order valence-corrected chi connectivity index (χ1v) is 11.3. The van der Waals surface area contributed by atoms with Crippen LogP contribution in [0.2, 0.25) is 5.02 Å². The second kappa shape index (κ2) is 9.28. The van der Waals surface area contributed by atoms with Gasteiger partial charge in [0.25, 0.3) is 5.56 Å². The highest BCUT2D eigenvalue weighted by molar-refractivity contribution is 7.99. The number of rotatable bonds is 7. The first kappa shape index (κ1) is 22.5. The Morgan fingerprint density at radius 3 is 2.63 bits per heavy atom. The minimum absolute atomic E-state index is 0.147. The molecular weight excluding hydrogens is 446 g/mol. The molecule has 0 radical (unpaired) electrons. The highest BCUT2D eigenvalue weighted by Crippen LogP contribution is 2.36. The van der Waals surface area contributed by atoms with E-state index < -0.39 is 5.25 Å². The largest absolute Gasteiger partial charge is 0.493 e. The van der Waals surface area contributed by atoms with E-state index in [9.17, 15) is 9.59 Å². The van der Waals surface area contributed by atoms with Crippen LogP contribution in [-0.4, -0.2) is 35.3 Å². The molecule has 2 N–H and O–H groups in total. The monoisotopic (exact) mass is 467 g/mol. The Kier molecular flexibility index (Phi) is 6.95. The molecule has 0 spiro atoms. The van der Waals surface area contributed by atoms with E-state index in [1.165, 1.54) is 37.3 Å². The molecule has 0 aliphatic heterocycles. The van der Waals surface area contributed by atoms with E-state index in [-0.39, 0.29) is 11.5 Å². The number of aromatic nitrogens is 2. The third-order valence-corrected chi connectivity index (χ3v) is 7.23. The van der Waals surface area contributed by atoms with E-state index in [0.717, 1.165) is 15.3 Å². The second-order valence-electron chi connectivity index (χ2n) is 6.61. The number of carbonyl (C=O) groups is 1. The number of hydrogen-bond donors (Lipinski definition) is 2. The van der Waals surface area contributed by atoms with Crippen molar-refractivity contribution in [1.82, 2.24) is 9.97 Å². The van der Waals surface area contributed by atoms with Crippen molar-refractivity contribution in [3.05, 3.63) is 43.8 Å². The molecule has 10 heteroatoms. The molecule has 0 bridgehead atoms. The molecule has 2 aromatic heterocycles. The van der Waals surface area contributed by atoms with Crippen LogP contribution in [0.5, 0.6) is 11.5 Å². The Labute approximate surface area is 187 Å². The summed E-state index contributed by atoms with van der Waals surface area (Å²) in [6.45, 7) is 5.68. The normalized spacial score (nSPS) is 12.1. The van der Waals surface area contributed by atoms with Gasteiger partial charge in [0.15, 0.2) is 11.5 Å². The van der Waals surface area contributed by atoms with E-state index in [0.29, 0.717) is 39.2 Å². The number of hydrogen-bond acceptors (Lipinski definition) is 7. The smallest absolute Gasteiger partial charge is 0.259 e. The summed E-state index contributed by atoms with van der Waals surface area (Å²) in [6, 6.07) is 3.20. The quantitative estimate of drug-likeness (QED) is 0.530. The first-order chi connectivity index (χ1) is 14.2. The van der Waals surface area contributed by atoms with E-state index in [1.807, 2.05) is 13.8 Å². The lowest BCUT2D eigenvalue weighted by Gasteiger charge is -2.15. The molecule has 0 saturated carbocycles. The molecule has 30 heavy (non-hydrogen) atoms. The Morgan fingerprint density at radius 2 is 1.97 bits per heavy atom. The number of halogens is 1. The topological polar surface area (TPSA) is 93.3 Å². The number of fused-ring (bicyclic) bond motifs is 1. The van der Waals surface area contributed by atoms with Crippen molar-refractivity contribution in [1.29, 1.82) is 0 Å². The number of nitrogens with zero attached hydrogens (tertiary/aromatic N) is 1. The summed E-state index contributed by atoms with van der Waals surface area (Å²) in [5.74, 6) is 1.67. The van der Waals surface area contributed by atoms with Crippen LogP contribution < -0.4 is 20.3 Å². The van der Waals surface area contributed by atoms with Gasteiger partial charge in [-0.1, -0.05) is 11.6 Å². The number of thiophene rings is 1. The van der Waals surface area contributed by atoms with Gasteiger partial charge in [-0.25, -0.2) is 4.98 Å². The maximum atomic E-state index is 12.6. The number of nitrogens with one attached hydrogen (secondary N) is 2. The summed E-state index contributed by atoms with van der Waals surface area (Å²) in [6.07, 6.45) is 0. The van der Waals surface area contributed by atoms with Crippen molar-refractivity contribution in [3.8, 4) is 11.5 Å². The van der Waals surface area contributed by atoms with Gasteiger partial charge >= 0.3 is 0 Å². The molecule has 3 aromatic rings. The molecule has 1 unspecified atom stereocenters. The highest BCUT2D eigenvalue weighted by atomic mass is 35.5. The number of thioether (sulfide) groups is 1. The fourth-order valence-corrected chi connectivity index (χ4v) is 4.84. The number of aromatic amines is 1. The molecule has 3 rings (SSSR count). The number of benzene rings is 1. The molecule has 0 saturated heterocycles. The van der Waals surface area contributed by atoms with Crippen molar-refractivity contribution in [2.24, 2.45) is 0 Å². The Bertz CT molecular complexity index is 1160. The average molecular weight is 468 g/mol. The molecule has 1 aromatic carbocycles. The second-order valence-corrected chi connectivity index (χ2v) is 9.55.